The number of aromatic carboxylic acids is 1. The monoisotopic (exact) mass is 233 g/mol. The highest BCUT2D eigenvalue weighted by atomic mass is 16.5. The number of nitrogen functional groups attached to an aromatic ring is 1. The fraction of sp³-hybridized carbons (Fsp3) is 0.0909. The normalized spacial score (nSPS) is 10.2. The number of methoxy groups -OCH3 is 1. The minimum Gasteiger partial charge on any atom is -0.495 e. The lowest BCUT2D eigenvalue weighted by molar-refractivity contribution is 0.0692. The molecule has 88 valence electrons. The van der Waals surface area contributed by atoms with Crippen molar-refractivity contribution in [2.75, 3.05) is 12.8 Å². The summed E-state index contributed by atoms with van der Waals surface area (Å²) in [6.07, 6.45) is 1.36. The van der Waals surface area contributed by atoms with Crippen LogP contribution in [0, 0.1) is 0 Å². The van der Waals surface area contributed by atoms with E-state index in [0.717, 1.165) is 0 Å². The molecule has 6 nitrogen and oxygen atoms in total. The molecule has 0 aliphatic heterocycles. The van der Waals surface area contributed by atoms with Crippen LogP contribution in [0.2, 0.25) is 0 Å². The van der Waals surface area contributed by atoms with Crippen LogP contribution < -0.4 is 10.5 Å². The number of nitrogens with two attached hydrogens (primary N) is 1. The van der Waals surface area contributed by atoms with E-state index in [-0.39, 0.29) is 11.5 Å². The number of hydrogen-bond donors (Lipinski definition) is 2. The van der Waals surface area contributed by atoms with Crippen LogP contribution >= 0.6 is 0 Å². The Morgan fingerprint density at radius 1 is 1.47 bits per heavy atom. The molecule has 0 spiro atoms. The molecule has 1 heterocycles. The predicted octanol–water partition coefficient (Wildman–Crippen LogP) is 1.16. The maximum absolute atomic E-state index is 10.8. The molecule has 0 fully saturated rings. The summed E-state index contributed by atoms with van der Waals surface area (Å²) in [5, 5.41) is 8.87. The summed E-state index contributed by atoms with van der Waals surface area (Å²) < 4.78 is 6.65. The minimum absolute atomic E-state index is 0.0713. The number of ether oxygens (including phenoxy) is 1. The van der Waals surface area contributed by atoms with Gasteiger partial charge in [0.25, 0.3) is 0 Å². The Morgan fingerprint density at radius 2 is 2.18 bits per heavy atom. The highest BCUT2D eigenvalue weighted by Gasteiger charge is 2.16. The third-order valence-electron chi connectivity index (χ3n) is 2.35. The van der Waals surface area contributed by atoms with Gasteiger partial charge in [-0.25, -0.2) is 9.78 Å². The molecular weight excluding hydrogens is 222 g/mol. The number of benzene rings is 1. The van der Waals surface area contributed by atoms with Crippen molar-refractivity contribution in [1.29, 1.82) is 0 Å². The molecule has 0 bridgehead atoms. The van der Waals surface area contributed by atoms with Gasteiger partial charge in [-0.2, -0.15) is 0 Å². The lowest BCUT2D eigenvalue weighted by Crippen LogP contribution is -2.06. The Bertz CT molecular complexity index is 563. The number of carbonyl (C=O) groups is 1. The first kappa shape index (κ1) is 11.0. The zero-order valence-electron chi connectivity index (χ0n) is 9.12. The number of carboxylic acid groups (broad SMARTS) is 1. The number of para-hydroxylation sites is 2. The molecule has 0 aliphatic rings. The Hall–Kier alpha value is -2.50. The quantitative estimate of drug-likeness (QED) is 0.830. The molecule has 0 aliphatic carbocycles. The number of anilines is 1. The van der Waals surface area contributed by atoms with Gasteiger partial charge in [0.15, 0.2) is 5.69 Å². The van der Waals surface area contributed by atoms with E-state index in [9.17, 15) is 4.79 Å². The van der Waals surface area contributed by atoms with Crippen LogP contribution in [-0.4, -0.2) is 27.7 Å². The molecule has 0 atom stereocenters. The molecule has 0 saturated heterocycles. The first-order chi connectivity index (χ1) is 8.15. The van der Waals surface area contributed by atoms with E-state index in [1.165, 1.54) is 18.0 Å². The molecule has 1 aromatic carbocycles. The first-order valence-corrected chi connectivity index (χ1v) is 4.84. The van der Waals surface area contributed by atoms with E-state index in [1.54, 1.807) is 18.2 Å². The summed E-state index contributed by atoms with van der Waals surface area (Å²) >= 11 is 0. The Kier molecular flexibility index (Phi) is 2.70. The maximum Gasteiger partial charge on any atom is 0.358 e. The standard InChI is InChI=1S/C11H11N3O3/c1-17-8-5-3-2-4-7(8)14-6-13-9(10(14)12)11(15)16/h2-6H,12H2,1H3,(H,15,16). The van der Waals surface area contributed by atoms with E-state index in [4.69, 9.17) is 15.6 Å². The lowest BCUT2D eigenvalue weighted by atomic mass is 10.3. The van der Waals surface area contributed by atoms with Gasteiger partial charge in [0.1, 0.15) is 17.9 Å². The number of imidazole rings is 1. The summed E-state index contributed by atoms with van der Waals surface area (Å²) in [6.45, 7) is 0. The van der Waals surface area contributed by atoms with Gasteiger partial charge < -0.3 is 15.6 Å². The summed E-state index contributed by atoms with van der Waals surface area (Å²) in [7, 11) is 1.53. The average molecular weight is 233 g/mol. The van der Waals surface area contributed by atoms with Crippen LogP contribution in [0.4, 0.5) is 5.82 Å². The van der Waals surface area contributed by atoms with Gasteiger partial charge in [0, 0.05) is 0 Å². The Balaban J connectivity index is 2.57. The van der Waals surface area contributed by atoms with E-state index in [0.29, 0.717) is 11.4 Å². The number of nitrogens with zero attached hydrogens (tertiary/aromatic N) is 2. The van der Waals surface area contributed by atoms with Crippen LogP contribution in [0.5, 0.6) is 5.75 Å². The van der Waals surface area contributed by atoms with Crippen molar-refractivity contribution in [3.8, 4) is 11.4 Å². The molecule has 2 rings (SSSR count). The second-order valence-electron chi connectivity index (χ2n) is 3.33. The fourth-order valence-corrected chi connectivity index (χ4v) is 1.54. The maximum atomic E-state index is 10.8. The van der Waals surface area contributed by atoms with Crippen LogP contribution in [0.25, 0.3) is 5.69 Å². The lowest BCUT2D eigenvalue weighted by Gasteiger charge is -2.09. The number of rotatable bonds is 3. The third kappa shape index (κ3) is 1.80. The second-order valence-corrected chi connectivity index (χ2v) is 3.33. The van der Waals surface area contributed by atoms with Gasteiger partial charge >= 0.3 is 5.97 Å². The largest absolute Gasteiger partial charge is 0.495 e. The summed E-state index contributed by atoms with van der Waals surface area (Å²) in [5.41, 5.74) is 6.20. The van der Waals surface area contributed by atoms with Crippen LogP contribution in [0.15, 0.2) is 30.6 Å². The van der Waals surface area contributed by atoms with Crippen molar-refractivity contribution in [3.63, 3.8) is 0 Å². The second kappa shape index (κ2) is 4.17. The van der Waals surface area contributed by atoms with Crippen molar-refractivity contribution in [2.45, 2.75) is 0 Å². The third-order valence-corrected chi connectivity index (χ3v) is 2.35. The molecule has 17 heavy (non-hydrogen) atoms. The Morgan fingerprint density at radius 3 is 2.76 bits per heavy atom. The van der Waals surface area contributed by atoms with E-state index < -0.39 is 5.97 Å². The first-order valence-electron chi connectivity index (χ1n) is 4.84. The van der Waals surface area contributed by atoms with E-state index in [1.807, 2.05) is 6.07 Å². The Labute approximate surface area is 97.3 Å². The highest BCUT2D eigenvalue weighted by Crippen LogP contribution is 2.25. The fourth-order valence-electron chi connectivity index (χ4n) is 1.54. The molecule has 1 aromatic heterocycles. The van der Waals surface area contributed by atoms with Crippen molar-refractivity contribution >= 4 is 11.8 Å². The minimum atomic E-state index is -1.16. The predicted molar refractivity (Wildman–Crippen MR) is 61.5 cm³/mol. The topological polar surface area (TPSA) is 90.4 Å². The molecule has 0 unspecified atom stereocenters. The highest BCUT2D eigenvalue weighted by molar-refractivity contribution is 5.90. The van der Waals surface area contributed by atoms with Crippen LogP contribution in [0.3, 0.4) is 0 Å². The average Bonchev–Trinajstić information content (AvgIpc) is 2.71. The molecule has 2 aromatic rings. The summed E-state index contributed by atoms with van der Waals surface area (Å²) in [6, 6.07) is 7.14. The van der Waals surface area contributed by atoms with Gasteiger partial charge in [-0.05, 0) is 12.1 Å². The number of hydrogen-bond acceptors (Lipinski definition) is 4. The van der Waals surface area contributed by atoms with E-state index in [2.05, 4.69) is 4.98 Å². The van der Waals surface area contributed by atoms with Crippen molar-refractivity contribution in [3.05, 3.63) is 36.3 Å². The van der Waals surface area contributed by atoms with Crippen LogP contribution in [0.1, 0.15) is 10.5 Å². The number of aromatic nitrogens is 2. The molecular formula is C11H11N3O3. The van der Waals surface area contributed by atoms with Crippen LogP contribution in [-0.2, 0) is 0 Å². The van der Waals surface area contributed by atoms with Gasteiger partial charge in [0.05, 0.1) is 12.8 Å². The van der Waals surface area contributed by atoms with Crippen molar-refractivity contribution < 1.29 is 14.6 Å². The summed E-state index contributed by atoms with van der Waals surface area (Å²) in [4.78, 5) is 14.6. The van der Waals surface area contributed by atoms with Crippen molar-refractivity contribution in [2.24, 2.45) is 0 Å². The molecule has 0 radical (unpaired) electrons. The summed E-state index contributed by atoms with van der Waals surface area (Å²) in [5.74, 6) is -0.494. The van der Waals surface area contributed by atoms with Gasteiger partial charge in [-0.1, -0.05) is 12.1 Å². The van der Waals surface area contributed by atoms with E-state index >= 15 is 0 Å². The van der Waals surface area contributed by atoms with Gasteiger partial charge in [0.2, 0.25) is 0 Å². The number of carboxylic acids is 1. The molecule has 6 heteroatoms. The molecule has 0 saturated carbocycles. The molecule has 0 amide bonds. The van der Waals surface area contributed by atoms with Gasteiger partial charge in [-0.15, -0.1) is 0 Å². The smallest absolute Gasteiger partial charge is 0.358 e. The van der Waals surface area contributed by atoms with Crippen molar-refractivity contribution in [1.82, 2.24) is 9.55 Å². The zero-order chi connectivity index (χ0) is 12.4. The van der Waals surface area contributed by atoms with Gasteiger partial charge in [-0.3, -0.25) is 4.57 Å². The SMILES string of the molecule is COc1ccccc1-n1cnc(C(=O)O)c1N. The molecule has 3 N–H and O–H groups in total. The zero-order valence-corrected chi connectivity index (χ0v) is 9.12.